The molecule has 0 amide bonds. The molecule has 0 spiro atoms. The van der Waals surface area contributed by atoms with Crippen LogP contribution in [0.25, 0.3) is 0 Å². The first kappa shape index (κ1) is 10.4. The Morgan fingerprint density at radius 2 is 2.21 bits per heavy atom. The van der Waals surface area contributed by atoms with Crippen molar-refractivity contribution >= 4 is 5.69 Å². The molecule has 1 aromatic rings. The lowest BCUT2D eigenvalue weighted by Gasteiger charge is -2.04. The highest BCUT2D eigenvalue weighted by molar-refractivity contribution is 5.46. The van der Waals surface area contributed by atoms with E-state index in [9.17, 15) is 14.5 Å². The van der Waals surface area contributed by atoms with E-state index in [4.69, 9.17) is 0 Å². The highest BCUT2D eigenvalue weighted by atomic mass is 19.1. The maximum absolute atomic E-state index is 13.1. The normalized spacial score (nSPS) is 9.93. The third-order valence-corrected chi connectivity index (χ3v) is 1.93. The molecule has 0 aliphatic rings. The second kappa shape index (κ2) is 4.04. The molecular weight excluding hydrogens is 189 g/mol. The van der Waals surface area contributed by atoms with E-state index in [0.717, 1.165) is 12.1 Å². The van der Waals surface area contributed by atoms with Crippen molar-refractivity contribution in [3.05, 3.63) is 33.6 Å². The van der Waals surface area contributed by atoms with Crippen LogP contribution in [0.4, 0.5) is 10.1 Å². The van der Waals surface area contributed by atoms with Crippen molar-refractivity contribution in [3.63, 3.8) is 0 Å². The van der Waals surface area contributed by atoms with E-state index >= 15 is 0 Å². The van der Waals surface area contributed by atoms with E-state index in [1.54, 1.807) is 6.92 Å². The van der Waals surface area contributed by atoms with Crippen LogP contribution in [-0.4, -0.2) is 12.0 Å². The van der Waals surface area contributed by atoms with Gasteiger partial charge in [-0.15, -0.1) is 0 Å². The van der Waals surface area contributed by atoms with E-state index in [1.807, 2.05) is 0 Å². The van der Waals surface area contributed by atoms with Crippen molar-refractivity contribution in [2.75, 3.05) is 7.11 Å². The maximum Gasteiger partial charge on any atom is 0.276 e. The number of methoxy groups -OCH3 is 1. The van der Waals surface area contributed by atoms with Crippen LogP contribution in [0.3, 0.4) is 0 Å². The quantitative estimate of drug-likeness (QED) is 0.554. The van der Waals surface area contributed by atoms with Crippen molar-refractivity contribution < 1.29 is 14.1 Å². The zero-order valence-corrected chi connectivity index (χ0v) is 7.91. The monoisotopic (exact) mass is 199 g/mol. The summed E-state index contributed by atoms with van der Waals surface area (Å²) in [7, 11) is 1.27. The Morgan fingerprint density at radius 3 is 2.64 bits per heavy atom. The van der Waals surface area contributed by atoms with E-state index in [1.165, 1.54) is 7.11 Å². The number of nitro benzene ring substituents is 1. The summed E-state index contributed by atoms with van der Waals surface area (Å²) in [5.74, 6) is -0.677. The van der Waals surface area contributed by atoms with Crippen LogP contribution in [-0.2, 0) is 6.42 Å². The Labute approximate surface area is 80.5 Å². The molecule has 0 saturated heterocycles. The summed E-state index contributed by atoms with van der Waals surface area (Å²) in [6, 6.07) is 2.24. The van der Waals surface area contributed by atoms with Gasteiger partial charge in [0.05, 0.1) is 18.1 Å². The first-order valence-electron chi connectivity index (χ1n) is 4.11. The predicted molar refractivity (Wildman–Crippen MR) is 49.0 cm³/mol. The van der Waals surface area contributed by atoms with Gasteiger partial charge >= 0.3 is 0 Å². The molecule has 0 radical (unpaired) electrons. The Kier molecular flexibility index (Phi) is 3.01. The number of hydrogen-bond donors (Lipinski definition) is 0. The molecule has 0 fully saturated rings. The fraction of sp³-hybridized carbons (Fsp3) is 0.333. The van der Waals surface area contributed by atoms with Crippen molar-refractivity contribution in [2.24, 2.45) is 0 Å². The van der Waals surface area contributed by atoms with E-state index in [-0.39, 0.29) is 11.4 Å². The van der Waals surface area contributed by atoms with Gasteiger partial charge in [0, 0.05) is 5.56 Å². The molecule has 0 N–H and O–H groups in total. The number of ether oxygens (including phenoxy) is 1. The minimum Gasteiger partial charge on any atom is -0.493 e. The zero-order chi connectivity index (χ0) is 10.7. The van der Waals surface area contributed by atoms with Crippen molar-refractivity contribution in [1.82, 2.24) is 0 Å². The molecule has 0 heterocycles. The Bertz CT molecular complexity index is 365. The summed E-state index contributed by atoms with van der Waals surface area (Å²) in [5.41, 5.74) is 0.263. The lowest BCUT2D eigenvalue weighted by atomic mass is 10.1. The summed E-state index contributed by atoms with van der Waals surface area (Å²) < 4.78 is 17.8. The van der Waals surface area contributed by atoms with Gasteiger partial charge < -0.3 is 4.74 Å². The molecular formula is C9H10FNO3. The maximum atomic E-state index is 13.1. The predicted octanol–water partition coefficient (Wildman–Crippen LogP) is 2.30. The molecule has 4 nitrogen and oxygen atoms in total. The van der Waals surface area contributed by atoms with Gasteiger partial charge in [-0.05, 0) is 12.5 Å². The molecule has 0 atom stereocenters. The fourth-order valence-corrected chi connectivity index (χ4v) is 1.19. The van der Waals surface area contributed by atoms with Crippen LogP contribution in [0.15, 0.2) is 12.1 Å². The third kappa shape index (κ3) is 1.81. The molecule has 0 bridgehead atoms. The first-order chi connectivity index (χ1) is 6.60. The van der Waals surface area contributed by atoms with Crippen LogP contribution < -0.4 is 4.74 Å². The van der Waals surface area contributed by atoms with Crippen molar-refractivity contribution in [1.29, 1.82) is 0 Å². The second-order valence-corrected chi connectivity index (χ2v) is 2.73. The largest absolute Gasteiger partial charge is 0.493 e. The van der Waals surface area contributed by atoms with Crippen molar-refractivity contribution in [3.8, 4) is 5.75 Å². The average molecular weight is 199 g/mol. The van der Waals surface area contributed by atoms with E-state index < -0.39 is 10.7 Å². The zero-order valence-electron chi connectivity index (χ0n) is 7.91. The summed E-state index contributed by atoms with van der Waals surface area (Å²) in [5, 5.41) is 10.6. The Hall–Kier alpha value is -1.65. The molecule has 0 aliphatic heterocycles. The number of benzene rings is 1. The third-order valence-electron chi connectivity index (χ3n) is 1.93. The molecule has 1 aromatic carbocycles. The molecule has 0 unspecified atom stereocenters. The van der Waals surface area contributed by atoms with Crippen LogP contribution in [0.5, 0.6) is 5.75 Å². The van der Waals surface area contributed by atoms with Crippen LogP contribution in [0.2, 0.25) is 0 Å². The average Bonchev–Trinajstić information content (AvgIpc) is 2.16. The van der Waals surface area contributed by atoms with Gasteiger partial charge in [-0.3, -0.25) is 10.1 Å². The summed E-state index contributed by atoms with van der Waals surface area (Å²) in [4.78, 5) is 10.0. The highest BCUT2D eigenvalue weighted by Gasteiger charge is 2.17. The Balaban J connectivity index is 3.32. The number of aryl methyl sites for hydroxylation is 1. The lowest BCUT2D eigenvalue weighted by molar-refractivity contribution is -0.385. The number of halogens is 1. The highest BCUT2D eigenvalue weighted by Crippen LogP contribution is 2.27. The topological polar surface area (TPSA) is 52.4 Å². The van der Waals surface area contributed by atoms with Gasteiger partial charge in [0.15, 0.2) is 11.6 Å². The summed E-state index contributed by atoms with van der Waals surface area (Å²) in [6.07, 6.45) is 0.414. The molecule has 5 heteroatoms. The van der Waals surface area contributed by atoms with Gasteiger partial charge in [-0.1, -0.05) is 6.92 Å². The lowest BCUT2D eigenvalue weighted by Crippen LogP contribution is -1.98. The summed E-state index contributed by atoms with van der Waals surface area (Å²) >= 11 is 0. The van der Waals surface area contributed by atoms with Crippen LogP contribution >= 0.6 is 0 Å². The van der Waals surface area contributed by atoms with Gasteiger partial charge in [0.25, 0.3) is 5.69 Å². The standard InChI is InChI=1S/C9H10FNO3/c1-3-6-4-7(10)9(14-2)5-8(6)11(12)13/h4-5H,3H2,1-2H3. The molecule has 0 aliphatic carbocycles. The molecule has 76 valence electrons. The van der Waals surface area contributed by atoms with Gasteiger partial charge in [-0.2, -0.15) is 0 Å². The van der Waals surface area contributed by atoms with Gasteiger partial charge in [0.2, 0.25) is 0 Å². The first-order valence-corrected chi connectivity index (χ1v) is 4.11. The van der Waals surface area contributed by atoms with Crippen LogP contribution in [0, 0.1) is 15.9 Å². The van der Waals surface area contributed by atoms with E-state index in [2.05, 4.69) is 4.74 Å². The number of nitrogens with zero attached hydrogens (tertiary/aromatic N) is 1. The molecule has 0 aromatic heterocycles. The summed E-state index contributed by atoms with van der Waals surface area (Å²) in [6.45, 7) is 1.73. The van der Waals surface area contributed by atoms with Crippen LogP contribution in [0.1, 0.15) is 12.5 Å². The number of hydrogen-bond acceptors (Lipinski definition) is 3. The minimum atomic E-state index is -0.574. The van der Waals surface area contributed by atoms with Crippen molar-refractivity contribution in [2.45, 2.75) is 13.3 Å². The SMILES string of the molecule is CCc1cc(F)c(OC)cc1[N+](=O)[O-]. The second-order valence-electron chi connectivity index (χ2n) is 2.73. The van der Waals surface area contributed by atoms with E-state index in [0.29, 0.717) is 12.0 Å². The molecule has 1 rings (SSSR count). The smallest absolute Gasteiger partial charge is 0.276 e. The molecule has 0 saturated carbocycles. The Morgan fingerprint density at radius 1 is 1.57 bits per heavy atom. The fourth-order valence-electron chi connectivity index (χ4n) is 1.19. The molecule has 14 heavy (non-hydrogen) atoms. The number of rotatable bonds is 3. The minimum absolute atomic E-state index is 0.103. The van der Waals surface area contributed by atoms with Gasteiger partial charge in [0.1, 0.15) is 0 Å². The van der Waals surface area contributed by atoms with Gasteiger partial charge in [-0.25, -0.2) is 4.39 Å². The number of nitro groups is 1.